The van der Waals surface area contributed by atoms with E-state index in [1.807, 2.05) is 13.8 Å². The molecule has 0 bridgehead atoms. The minimum absolute atomic E-state index is 0.0198. The van der Waals surface area contributed by atoms with Gasteiger partial charge in [-0.1, -0.05) is 13.8 Å². The summed E-state index contributed by atoms with van der Waals surface area (Å²) in [5.41, 5.74) is 5.24. The Kier molecular flexibility index (Phi) is 4.90. The molecule has 3 heterocycles. The number of fused-ring (bicyclic) bond motifs is 1. The fourth-order valence-electron chi connectivity index (χ4n) is 4.08. The molecular formula is C21H22FN5O3. The molecule has 0 radical (unpaired) electrons. The Balaban J connectivity index is 2.19. The number of hydrogen-bond donors (Lipinski definition) is 4. The standard InChI is InChI=1S/C21H22FN5O3/c1-10(2)16-11(3)20(29)24-14-8-13(22)19(27-15(9-28)25-21(30)26-27)17(18(14)16)12-4-6-23-7-5-12/h4-8,10,15,28H,9H2,1-3H3,(H,24,29)(H2,25,26,30). The number of amides is 2. The number of anilines is 1. The third-order valence-electron chi connectivity index (χ3n) is 5.31. The molecule has 1 saturated heterocycles. The molecule has 2 aromatic heterocycles. The Morgan fingerprint density at radius 3 is 2.60 bits per heavy atom. The molecule has 1 aliphatic rings. The number of rotatable bonds is 4. The summed E-state index contributed by atoms with van der Waals surface area (Å²) in [4.78, 5) is 31.3. The summed E-state index contributed by atoms with van der Waals surface area (Å²) in [6, 6.07) is 4.18. The first-order valence-electron chi connectivity index (χ1n) is 9.60. The van der Waals surface area contributed by atoms with Gasteiger partial charge in [-0.25, -0.2) is 14.6 Å². The molecule has 1 aliphatic heterocycles. The lowest BCUT2D eigenvalue weighted by Crippen LogP contribution is -2.43. The van der Waals surface area contributed by atoms with Gasteiger partial charge < -0.3 is 15.4 Å². The number of benzene rings is 1. The van der Waals surface area contributed by atoms with Crippen molar-refractivity contribution in [1.29, 1.82) is 0 Å². The van der Waals surface area contributed by atoms with Gasteiger partial charge in [0.05, 0.1) is 12.1 Å². The van der Waals surface area contributed by atoms with Crippen LogP contribution in [-0.4, -0.2) is 33.9 Å². The van der Waals surface area contributed by atoms with E-state index in [0.717, 1.165) is 5.56 Å². The van der Waals surface area contributed by atoms with Crippen molar-refractivity contribution < 1.29 is 14.3 Å². The molecule has 4 N–H and O–H groups in total. The lowest BCUT2D eigenvalue weighted by molar-refractivity contribution is 0.237. The van der Waals surface area contributed by atoms with Gasteiger partial charge in [0.25, 0.3) is 5.56 Å². The van der Waals surface area contributed by atoms with Gasteiger partial charge >= 0.3 is 6.03 Å². The smallest absolute Gasteiger partial charge is 0.335 e. The fraction of sp³-hybridized carbons (Fsp3) is 0.286. The first-order chi connectivity index (χ1) is 14.3. The molecule has 1 atom stereocenters. The molecule has 3 aromatic rings. The highest BCUT2D eigenvalue weighted by Gasteiger charge is 2.34. The number of aliphatic hydroxyl groups excluding tert-OH is 1. The van der Waals surface area contributed by atoms with Gasteiger partial charge in [0.15, 0.2) is 5.82 Å². The normalized spacial score (nSPS) is 16.3. The number of aromatic nitrogens is 2. The fourth-order valence-corrected chi connectivity index (χ4v) is 4.08. The second kappa shape index (κ2) is 7.42. The maximum Gasteiger partial charge on any atom is 0.335 e. The second-order valence-corrected chi connectivity index (χ2v) is 7.54. The minimum atomic E-state index is -0.851. The zero-order valence-corrected chi connectivity index (χ0v) is 16.8. The number of urea groups is 1. The van der Waals surface area contributed by atoms with E-state index in [1.54, 1.807) is 31.5 Å². The Labute approximate surface area is 171 Å². The molecule has 0 spiro atoms. The third-order valence-corrected chi connectivity index (χ3v) is 5.31. The maximum absolute atomic E-state index is 15.5. The quantitative estimate of drug-likeness (QED) is 0.527. The van der Waals surface area contributed by atoms with Crippen LogP contribution >= 0.6 is 0 Å². The van der Waals surface area contributed by atoms with E-state index in [2.05, 4.69) is 20.7 Å². The summed E-state index contributed by atoms with van der Waals surface area (Å²) in [6.07, 6.45) is 2.33. The molecule has 8 nitrogen and oxygen atoms in total. The van der Waals surface area contributed by atoms with Crippen molar-refractivity contribution in [3.05, 3.63) is 57.9 Å². The van der Waals surface area contributed by atoms with Crippen LogP contribution in [0.3, 0.4) is 0 Å². The van der Waals surface area contributed by atoms with Crippen LogP contribution in [0.25, 0.3) is 22.0 Å². The Hall–Kier alpha value is -3.46. The monoisotopic (exact) mass is 411 g/mol. The summed E-state index contributed by atoms with van der Waals surface area (Å²) in [5, 5.41) is 14.3. The molecule has 30 heavy (non-hydrogen) atoms. The number of aromatic amines is 1. The van der Waals surface area contributed by atoms with Gasteiger partial charge in [-0.2, -0.15) is 0 Å². The molecular weight excluding hydrogens is 389 g/mol. The van der Waals surface area contributed by atoms with E-state index in [0.29, 0.717) is 27.6 Å². The van der Waals surface area contributed by atoms with Crippen molar-refractivity contribution in [2.24, 2.45) is 0 Å². The van der Waals surface area contributed by atoms with Crippen molar-refractivity contribution in [3.63, 3.8) is 0 Å². The van der Waals surface area contributed by atoms with E-state index in [4.69, 9.17) is 0 Å². The Bertz CT molecular complexity index is 1190. The Morgan fingerprint density at radius 1 is 1.27 bits per heavy atom. The van der Waals surface area contributed by atoms with E-state index >= 15 is 4.39 Å². The number of aliphatic hydroxyl groups is 1. The molecule has 156 valence electrons. The lowest BCUT2D eigenvalue weighted by atomic mass is 9.88. The highest BCUT2D eigenvalue weighted by atomic mass is 19.1. The zero-order valence-electron chi connectivity index (χ0n) is 16.8. The number of nitrogens with zero attached hydrogens (tertiary/aromatic N) is 2. The first-order valence-corrected chi connectivity index (χ1v) is 9.60. The van der Waals surface area contributed by atoms with Gasteiger partial charge in [0.1, 0.15) is 11.9 Å². The van der Waals surface area contributed by atoms with Crippen molar-refractivity contribution >= 4 is 22.6 Å². The molecule has 0 aliphatic carbocycles. The average molecular weight is 411 g/mol. The van der Waals surface area contributed by atoms with Gasteiger partial charge in [-0.3, -0.25) is 14.8 Å². The van der Waals surface area contributed by atoms with Crippen LogP contribution in [0.2, 0.25) is 0 Å². The summed E-state index contributed by atoms with van der Waals surface area (Å²) in [5.74, 6) is -0.667. The van der Waals surface area contributed by atoms with E-state index in [1.165, 1.54) is 11.1 Å². The van der Waals surface area contributed by atoms with Crippen LogP contribution in [0.5, 0.6) is 0 Å². The molecule has 1 unspecified atom stereocenters. The van der Waals surface area contributed by atoms with Gasteiger partial charge in [0.2, 0.25) is 0 Å². The van der Waals surface area contributed by atoms with E-state index in [9.17, 15) is 14.7 Å². The van der Waals surface area contributed by atoms with Crippen LogP contribution in [0.1, 0.15) is 30.9 Å². The predicted octanol–water partition coefficient (Wildman–Crippen LogP) is 2.51. The number of H-pyrrole nitrogens is 1. The van der Waals surface area contributed by atoms with Crippen molar-refractivity contribution in [3.8, 4) is 11.1 Å². The van der Waals surface area contributed by atoms with Crippen LogP contribution in [0.4, 0.5) is 14.9 Å². The Morgan fingerprint density at radius 2 is 1.97 bits per heavy atom. The summed E-state index contributed by atoms with van der Waals surface area (Å²) >= 11 is 0. The van der Waals surface area contributed by atoms with Gasteiger partial charge in [-0.05, 0) is 36.1 Å². The van der Waals surface area contributed by atoms with Crippen LogP contribution in [0, 0.1) is 12.7 Å². The van der Waals surface area contributed by atoms with Crippen molar-refractivity contribution in [1.82, 2.24) is 20.7 Å². The molecule has 1 aromatic carbocycles. The SMILES string of the molecule is Cc1c(C(C)C)c2c(-c3ccncc3)c(N3NC(=O)NC3CO)c(F)cc2[nH]c1=O. The number of hydrazine groups is 1. The third kappa shape index (κ3) is 3.07. The minimum Gasteiger partial charge on any atom is -0.392 e. The van der Waals surface area contributed by atoms with Gasteiger partial charge in [-0.15, -0.1) is 0 Å². The number of hydrogen-bond acceptors (Lipinski definition) is 5. The van der Waals surface area contributed by atoms with Crippen molar-refractivity contribution in [2.45, 2.75) is 32.9 Å². The highest BCUT2D eigenvalue weighted by molar-refractivity contribution is 6.04. The first kappa shape index (κ1) is 19.8. The molecule has 0 saturated carbocycles. The van der Waals surface area contributed by atoms with Crippen molar-refractivity contribution in [2.75, 3.05) is 11.6 Å². The zero-order chi connectivity index (χ0) is 21.6. The lowest BCUT2D eigenvalue weighted by Gasteiger charge is -2.28. The van der Waals surface area contributed by atoms with Crippen LogP contribution in [-0.2, 0) is 0 Å². The van der Waals surface area contributed by atoms with Crippen LogP contribution in [0.15, 0.2) is 35.4 Å². The largest absolute Gasteiger partial charge is 0.392 e. The molecule has 4 rings (SSSR count). The summed E-state index contributed by atoms with van der Waals surface area (Å²) < 4.78 is 15.5. The average Bonchev–Trinajstić information content (AvgIpc) is 3.09. The van der Waals surface area contributed by atoms with E-state index < -0.39 is 24.6 Å². The number of pyridine rings is 2. The number of carbonyl (C=O) groups is 1. The van der Waals surface area contributed by atoms with Crippen LogP contribution < -0.4 is 21.3 Å². The molecule has 2 amide bonds. The second-order valence-electron chi connectivity index (χ2n) is 7.54. The number of carbonyl (C=O) groups excluding carboxylic acids is 1. The van der Waals surface area contributed by atoms with E-state index in [-0.39, 0.29) is 17.2 Å². The molecule has 1 fully saturated rings. The predicted molar refractivity (Wildman–Crippen MR) is 112 cm³/mol. The topological polar surface area (TPSA) is 110 Å². The molecule has 9 heteroatoms. The summed E-state index contributed by atoms with van der Waals surface area (Å²) in [6.45, 7) is 5.25. The number of nitrogens with one attached hydrogen (secondary N) is 3. The highest BCUT2D eigenvalue weighted by Crippen LogP contribution is 2.42. The van der Waals surface area contributed by atoms with Gasteiger partial charge in [0, 0.05) is 35.0 Å². The number of halogens is 1. The summed E-state index contributed by atoms with van der Waals surface area (Å²) in [7, 11) is 0. The maximum atomic E-state index is 15.5.